The van der Waals surface area contributed by atoms with Crippen molar-refractivity contribution in [3.05, 3.63) is 72.2 Å². The summed E-state index contributed by atoms with van der Waals surface area (Å²) in [5.74, 6) is 0.00713. The Bertz CT molecular complexity index is 1290. The second-order valence-electron chi connectivity index (χ2n) is 7.76. The SMILES string of the molecule is N#Cc1ccc(-c2nc3c(N4CCCC(N)C4)ccnc3n2-c2ccccc2)cc1F. The van der Waals surface area contributed by atoms with Crippen molar-refractivity contribution in [3.8, 4) is 23.1 Å². The van der Waals surface area contributed by atoms with Crippen LogP contribution in [0.3, 0.4) is 0 Å². The number of nitriles is 1. The predicted molar refractivity (Wildman–Crippen MR) is 118 cm³/mol. The lowest BCUT2D eigenvalue weighted by Gasteiger charge is -2.32. The first-order chi connectivity index (χ1) is 15.2. The molecule has 0 aliphatic carbocycles. The van der Waals surface area contributed by atoms with Crippen LogP contribution in [0.5, 0.6) is 0 Å². The second kappa shape index (κ2) is 7.82. The molecule has 0 bridgehead atoms. The van der Waals surface area contributed by atoms with Gasteiger partial charge in [-0.05, 0) is 49.2 Å². The number of pyridine rings is 1. The Labute approximate surface area is 179 Å². The predicted octanol–water partition coefficient (Wildman–Crippen LogP) is 4.03. The number of aromatic nitrogens is 3. The number of para-hydroxylation sites is 1. The van der Waals surface area contributed by atoms with E-state index in [0.29, 0.717) is 17.0 Å². The molecular formula is C24H21FN6. The Balaban J connectivity index is 1.75. The van der Waals surface area contributed by atoms with Crippen LogP contribution in [0.25, 0.3) is 28.2 Å². The van der Waals surface area contributed by atoms with Crippen molar-refractivity contribution in [1.29, 1.82) is 5.26 Å². The maximum Gasteiger partial charge on any atom is 0.167 e. The molecule has 6 nitrogen and oxygen atoms in total. The number of anilines is 1. The summed E-state index contributed by atoms with van der Waals surface area (Å²) in [6, 6.07) is 18.3. The molecule has 1 fully saturated rings. The quantitative estimate of drug-likeness (QED) is 0.549. The molecule has 5 rings (SSSR count). The third-order valence-corrected chi connectivity index (χ3v) is 5.69. The van der Waals surface area contributed by atoms with Gasteiger partial charge >= 0.3 is 0 Å². The van der Waals surface area contributed by atoms with Crippen molar-refractivity contribution >= 4 is 16.9 Å². The molecule has 2 N–H and O–H groups in total. The van der Waals surface area contributed by atoms with Crippen molar-refractivity contribution < 1.29 is 4.39 Å². The van der Waals surface area contributed by atoms with Crippen molar-refractivity contribution in [1.82, 2.24) is 14.5 Å². The molecule has 0 spiro atoms. The number of nitrogens with zero attached hydrogens (tertiary/aromatic N) is 5. The van der Waals surface area contributed by atoms with Crippen molar-refractivity contribution in [2.75, 3.05) is 18.0 Å². The summed E-state index contributed by atoms with van der Waals surface area (Å²) in [6.07, 6.45) is 3.82. The molecule has 1 saturated heterocycles. The van der Waals surface area contributed by atoms with E-state index in [-0.39, 0.29) is 11.6 Å². The number of halogens is 1. The highest BCUT2D eigenvalue weighted by Crippen LogP contribution is 2.33. The number of benzene rings is 2. The van der Waals surface area contributed by atoms with E-state index in [9.17, 15) is 4.39 Å². The highest BCUT2D eigenvalue weighted by molar-refractivity contribution is 5.90. The van der Waals surface area contributed by atoms with Gasteiger partial charge in [0, 0.05) is 36.6 Å². The summed E-state index contributed by atoms with van der Waals surface area (Å²) in [5, 5.41) is 9.09. The first kappa shape index (κ1) is 19.2. The third-order valence-electron chi connectivity index (χ3n) is 5.69. The summed E-state index contributed by atoms with van der Waals surface area (Å²) in [6.45, 7) is 1.67. The largest absolute Gasteiger partial charge is 0.368 e. The minimum Gasteiger partial charge on any atom is -0.368 e. The Hall–Kier alpha value is -3.76. The van der Waals surface area contributed by atoms with Crippen LogP contribution in [0.15, 0.2) is 60.8 Å². The number of rotatable bonds is 3. The van der Waals surface area contributed by atoms with Crippen LogP contribution in [0.1, 0.15) is 18.4 Å². The highest BCUT2D eigenvalue weighted by atomic mass is 19.1. The molecule has 0 saturated carbocycles. The van der Waals surface area contributed by atoms with Gasteiger partial charge in [0.2, 0.25) is 0 Å². The van der Waals surface area contributed by atoms with E-state index >= 15 is 0 Å². The van der Waals surface area contributed by atoms with Crippen molar-refractivity contribution in [2.45, 2.75) is 18.9 Å². The summed E-state index contributed by atoms with van der Waals surface area (Å²) in [7, 11) is 0. The lowest BCUT2D eigenvalue weighted by atomic mass is 10.1. The second-order valence-corrected chi connectivity index (χ2v) is 7.76. The van der Waals surface area contributed by atoms with Gasteiger partial charge in [0.15, 0.2) is 5.65 Å². The fourth-order valence-corrected chi connectivity index (χ4v) is 4.20. The Morgan fingerprint density at radius 2 is 1.97 bits per heavy atom. The molecule has 1 aliphatic heterocycles. The van der Waals surface area contributed by atoms with Crippen LogP contribution in [-0.2, 0) is 0 Å². The van der Waals surface area contributed by atoms with Crippen LogP contribution in [-0.4, -0.2) is 33.7 Å². The molecule has 1 atom stereocenters. The van der Waals surface area contributed by atoms with E-state index in [4.69, 9.17) is 16.0 Å². The van der Waals surface area contributed by atoms with Crippen LogP contribution in [0.4, 0.5) is 10.1 Å². The van der Waals surface area contributed by atoms with Gasteiger partial charge in [0.25, 0.3) is 0 Å². The zero-order chi connectivity index (χ0) is 21.4. The Morgan fingerprint density at radius 3 is 2.71 bits per heavy atom. The molecule has 2 aromatic heterocycles. The maximum atomic E-state index is 14.4. The van der Waals surface area contributed by atoms with E-state index in [1.165, 1.54) is 12.1 Å². The zero-order valence-electron chi connectivity index (χ0n) is 16.9. The average molecular weight is 412 g/mol. The van der Waals surface area contributed by atoms with Gasteiger partial charge in [-0.25, -0.2) is 14.4 Å². The number of fused-ring (bicyclic) bond motifs is 1. The summed E-state index contributed by atoms with van der Waals surface area (Å²) in [4.78, 5) is 11.8. The van der Waals surface area contributed by atoms with Crippen molar-refractivity contribution in [2.24, 2.45) is 5.73 Å². The third kappa shape index (κ3) is 3.41. The van der Waals surface area contributed by atoms with E-state index in [1.54, 1.807) is 12.3 Å². The molecule has 31 heavy (non-hydrogen) atoms. The first-order valence-electron chi connectivity index (χ1n) is 10.3. The lowest BCUT2D eigenvalue weighted by molar-refractivity contribution is 0.507. The standard InChI is InChI=1S/C24H21FN6/c25-20-13-16(8-9-17(20)14-26)23-29-22-21(30-12-4-5-18(27)15-30)10-11-28-24(22)31(23)19-6-2-1-3-7-19/h1-3,6-11,13,18H,4-5,12,15,27H2. The van der Waals surface area contributed by atoms with E-state index < -0.39 is 5.82 Å². The van der Waals surface area contributed by atoms with Gasteiger partial charge in [-0.1, -0.05) is 18.2 Å². The van der Waals surface area contributed by atoms with Crippen molar-refractivity contribution in [3.63, 3.8) is 0 Å². The van der Waals surface area contributed by atoms with Gasteiger partial charge in [-0.3, -0.25) is 4.57 Å². The Kier molecular flexibility index (Phi) is 4.85. The van der Waals surface area contributed by atoms with Crippen LogP contribution >= 0.6 is 0 Å². The monoisotopic (exact) mass is 412 g/mol. The molecule has 154 valence electrons. The zero-order valence-corrected chi connectivity index (χ0v) is 16.9. The van der Waals surface area contributed by atoms with Gasteiger partial charge in [0.05, 0.1) is 11.3 Å². The van der Waals surface area contributed by atoms with E-state index in [0.717, 1.165) is 42.8 Å². The number of nitrogens with two attached hydrogens (primary N) is 1. The molecule has 4 aromatic rings. The summed E-state index contributed by atoms with van der Waals surface area (Å²) < 4.78 is 16.4. The minimum atomic E-state index is -0.568. The normalized spacial score (nSPS) is 16.4. The highest BCUT2D eigenvalue weighted by Gasteiger charge is 2.23. The maximum absolute atomic E-state index is 14.4. The van der Waals surface area contributed by atoms with Crippen LogP contribution in [0.2, 0.25) is 0 Å². The van der Waals surface area contributed by atoms with Gasteiger partial charge < -0.3 is 10.6 Å². The average Bonchev–Trinajstić information content (AvgIpc) is 3.19. The molecule has 1 aliphatic rings. The molecule has 0 amide bonds. The van der Waals surface area contributed by atoms with Crippen LogP contribution < -0.4 is 10.6 Å². The summed E-state index contributed by atoms with van der Waals surface area (Å²) >= 11 is 0. The van der Waals surface area contributed by atoms with Gasteiger partial charge in [-0.2, -0.15) is 5.26 Å². The molecule has 7 heteroatoms. The molecule has 1 unspecified atom stereocenters. The van der Waals surface area contributed by atoms with Crippen LogP contribution in [0, 0.1) is 17.1 Å². The molecular weight excluding hydrogens is 391 g/mol. The number of hydrogen-bond donors (Lipinski definition) is 1. The minimum absolute atomic E-state index is 0.00670. The van der Waals surface area contributed by atoms with Gasteiger partial charge in [0.1, 0.15) is 23.2 Å². The molecule has 3 heterocycles. The molecule has 0 radical (unpaired) electrons. The Morgan fingerprint density at radius 1 is 1.13 bits per heavy atom. The number of hydrogen-bond acceptors (Lipinski definition) is 5. The van der Waals surface area contributed by atoms with Gasteiger partial charge in [-0.15, -0.1) is 0 Å². The number of imidazole rings is 1. The lowest BCUT2D eigenvalue weighted by Crippen LogP contribution is -2.42. The molecule has 2 aromatic carbocycles. The first-order valence-corrected chi connectivity index (χ1v) is 10.3. The number of piperidine rings is 1. The topological polar surface area (TPSA) is 83.8 Å². The fourth-order valence-electron chi connectivity index (χ4n) is 4.20. The summed E-state index contributed by atoms with van der Waals surface area (Å²) in [5.41, 5.74) is 10.1. The van der Waals surface area contributed by atoms with E-state index in [1.807, 2.05) is 47.0 Å². The fraction of sp³-hybridized carbons (Fsp3) is 0.208. The van der Waals surface area contributed by atoms with E-state index in [2.05, 4.69) is 9.88 Å². The smallest absolute Gasteiger partial charge is 0.167 e.